The molecule has 1 saturated heterocycles. The van der Waals surface area contributed by atoms with Gasteiger partial charge in [0.25, 0.3) is 5.56 Å². The molecule has 7 rings (SSSR count). The van der Waals surface area contributed by atoms with Crippen LogP contribution >= 0.6 is 23.2 Å². The largest absolute Gasteiger partial charge is 0.481 e. The van der Waals surface area contributed by atoms with Crippen LogP contribution in [0.2, 0.25) is 10.0 Å². The topological polar surface area (TPSA) is 130 Å². The van der Waals surface area contributed by atoms with Crippen LogP contribution in [0.3, 0.4) is 0 Å². The maximum atomic E-state index is 13.3. The average molecular weight is 728 g/mol. The summed E-state index contributed by atoms with van der Waals surface area (Å²) in [6, 6.07) is 19.5. The Morgan fingerprint density at radius 1 is 0.980 bits per heavy atom. The van der Waals surface area contributed by atoms with Gasteiger partial charge in [-0.05, 0) is 56.9 Å². The van der Waals surface area contributed by atoms with Crippen molar-refractivity contribution < 1.29 is 14.6 Å². The Hall–Kier alpha value is -4.32. The predicted molar refractivity (Wildman–Crippen MR) is 200 cm³/mol. The Morgan fingerprint density at radius 3 is 2.37 bits per heavy atom. The molecule has 0 radical (unpaired) electrons. The van der Waals surface area contributed by atoms with Crippen LogP contribution < -0.4 is 26.2 Å². The van der Waals surface area contributed by atoms with Gasteiger partial charge in [0.15, 0.2) is 0 Å². The van der Waals surface area contributed by atoms with Crippen molar-refractivity contribution >= 4 is 34.8 Å². The van der Waals surface area contributed by atoms with Gasteiger partial charge in [0.1, 0.15) is 5.65 Å². The molecule has 1 saturated carbocycles. The van der Waals surface area contributed by atoms with E-state index in [9.17, 15) is 14.7 Å². The number of halogens is 2. The van der Waals surface area contributed by atoms with E-state index in [4.69, 9.17) is 37.9 Å². The summed E-state index contributed by atoms with van der Waals surface area (Å²) in [7, 11) is 1.59. The highest BCUT2D eigenvalue weighted by atomic mass is 35.5. The van der Waals surface area contributed by atoms with Crippen LogP contribution in [0, 0.1) is 6.92 Å². The molecule has 4 heterocycles. The van der Waals surface area contributed by atoms with Crippen molar-refractivity contribution in [1.82, 2.24) is 30.3 Å². The van der Waals surface area contributed by atoms with Gasteiger partial charge in [0.05, 0.1) is 34.1 Å². The van der Waals surface area contributed by atoms with Crippen LogP contribution in [0.15, 0.2) is 71.7 Å². The number of fused-ring (bicyclic) bond motifs is 1. The molecule has 0 bridgehead atoms. The van der Waals surface area contributed by atoms with Crippen molar-refractivity contribution in [3.63, 3.8) is 0 Å². The number of carbonyl (C=O) groups excluding carboxylic acids is 1. The Morgan fingerprint density at radius 2 is 1.69 bits per heavy atom. The predicted octanol–water partition coefficient (Wildman–Crippen LogP) is 6.09. The van der Waals surface area contributed by atoms with Crippen molar-refractivity contribution in [1.29, 1.82) is 0 Å². The molecule has 10 nitrogen and oxygen atoms in total. The number of hydrogen-bond donors (Lipinski definition) is 4. The lowest BCUT2D eigenvalue weighted by molar-refractivity contribution is -0.119. The summed E-state index contributed by atoms with van der Waals surface area (Å²) in [5, 5.41) is 20.9. The van der Waals surface area contributed by atoms with Gasteiger partial charge in [-0.1, -0.05) is 65.7 Å². The first-order chi connectivity index (χ1) is 24.5. The number of benzene rings is 2. The second-order valence-corrected chi connectivity index (χ2v) is 14.5. The van der Waals surface area contributed by atoms with Crippen molar-refractivity contribution in [2.75, 3.05) is 13.7 Å². The number of aliphatic hydroxyl groups is 1. The lowest BCUT2D eigenvalue weighted by Gasteiger charge is -2.41. The molecule has 1 amide bonds. The Kier molecular flexibility index (Phi) is 9.88. The molecule has 51 heavy (non-hydrogen) atoms. The highest BCUT2D eigenvalue weighted by Crippen LogP contribution is 2.42. The first-order valence-electron chi connectivity index (χ1n) is 17.1. The molecular weight excluding hydrogens is 687 g/mol. The van der Waals surface area contributed by atoms with Crippen LogP contribution in [0.5, 0.6) is 5.88 Å². The zero-order valence-electron chi connectivity index (χ0n) is 28.7. The minimum absolute atomic E-state index is 0.0935. The lowest BCUT2D eigenvalue weighted by atomic mass is 9.77. The van der Waals surface area contributed by atoms with Crippen molar-refractivity contribution in [2.45, 2.75) is 70.3 Å². The molecule has 1 aliphatic heterocycles. The molecule has 2 fully saturated rings. The summed E-state index contributed by atoms with van der Waals surface area (Å²) in [6.07, 6.45) is 4.47. The molecule has 2 aromatic carbocycles. The fourth-order valence-electron chi connectivity index (χ4n) is 7.04. The van der Waals surface area contributed by atoms with Gasteiger partial charge >= 0.3 is 0 Å². The summed E-state index contributed by atoms with van der Waals surface area (Å²) in [5.74, 6) is 0.585. The molecule has 1 aliphatic carbocycles. The van der Waals surface area contributed by atoms with E-state index >= 15 is 0 Å². The van der Waals surface area contributed by atoms with Gasteiger partial charge in [-0.15, -0.1) is 0 Å². The van der Waals surface area contributed by atoms with Crippen LogP contribution in [-0.4, -0.2) is 56.7 Å². The van der Waals surface area contributed by atoms with Crippen molar-refractivity contribution in [3.05, 3.63) is 104 Å². The number of nitrogens with one attached hydrogen (secondary N) is 3. The molecular formula is C39H40Cl2N6O4. The summed E-state index contributed by atoms with van der Waals surface area (Å²) in [4.78, 5) is 34.4. The van der Waals surface area contributed by atoms with Gasteiger partial charge in [-0.3, -0.25) is 14.0 Å². The van der Waals surface area contributed by atoms with Gasteiger partial charge in [-0.2, -0.15) is 0 Å². The van der Waals surface area contributed by atoms with E-state index in [1.807, 2.05) is 67.6 Å². The average Bonchev–Trinajstić information content (AvgIpc) is 3.53. The molecule has 4 N–H and O–H groups in total. The molecule has 2 aliphatic rings. The summed E-state index contributed by atoms with van der Waals surface area (Å²) in [5.41, 5.74) is 6.40. The van der Waals surface area contributed by atoms with E-state index in [-0.39, 0.29) is 23.6 Å². The van der Waals surface area contributed by atoms with Crippen molar-refractivity contribution in [2.24, 2.45) is 0 Å². The number of carbonyl (C=O) groups is 1. The number of aromatic nitrogens is 3. The number of hydrogen-bond acceptors (Lipinski definition) is 8. The summed E-state index contributed by atoms with van der Waals surface area (Å²) < 4.78 is 7.20. The van der Waals surface area contributed by atoms with E-state index in [1.165, 1.54) is 0 Å². The number of methoxy groups -OCH3 is 1. The van der Waals surface area contributed by atoms with E-state index in [0.717, 1.165) is 39.8 Å². The SMILES string of the molecule is COc1nc(-c2cccc(-c3cccc(-c4ccn5c(=O)c(C)c(CNC6CC(C)(O)C6)nc5c4)c3Cl)c2Cl)ccc1CNCC1CCC(=O)N1. The molecule has 12 heteroatoms. The molecule has 5 aromatic rings. The van der Waals surface area contributed by atoms with E-state index in [1.54, 1.807) is 24.6 Å². The first kappa shape index (κ1) is 35.1. The van der Waals surface area contributed by atoms with Gasteiger partial charge < -0.3 is 25.8 Å². The fourth-order valence-corrected chi connectivity index (χ4v) is 7.70. The Bertz CT molecular complexity index is 2200. The normalized spacial score (nSPS) is 20.0. The first-order valence-corrected chi connectivity index (χ1v) is 17.9. The minimum atomic E-state index is -0.636. The Balaban J connectivity index is 1.15. The number of pyridine rings is 2. The molecule has 1 atom stereocenters. The van der Waals surface area contributed by atoms with E-state index in [2.05, 4.69) is 16.0 Å². The third-order valence-electron chi connectivity index (χ3n) is 9.89. The highest BCUT2D eigenvalue weighted by molar-refractivity contribution is 6.39. The standard InChI is InChI=1S/C39H40Cl2N6O4/c1-22-32(21-43-26-17-39(2,50)18-26)45-33-16-23(14-15-47(33)38(22)49)27-6-4-7-28(35(27)40)29-8-5-9-30(36(29)41)31-12-10-24(37(46-31)51-3)19-42-20-25-11-13-34(48)44-25/h4-10,12,14-16,25-26,42-43,50H,11,13,17-21H2,1-3H3,(H,44,48). The maximum absolute atomic E-state index is 13.3. The number of amides is 1. The lowest BCUT2D eigenvalue weighted by Crippen LogP contribution is -2.51. The smallest absolute Gasteiger partial charge is 0.261 e. The number of nitrogens with zero attached hydrogens (tertiary/aromatic N) is 3. The number of ether oxygens (including phenoxy) is 1. The van der Waals surface area contributed by atoms with Gasteiger partial charge in [-0.25, -0.2) is 9.97 Å². The fraction of sp³-hybridized carbons (Fsp3) is 0.333. The number of rotatable bonds is 11. The van der Waals surface area contributed by atoms with Crippen molar-refractivity contribution in [3.8, 4) is 39.4 Å². The van der Waals surface area contributed by atoms with Crippen LogP contribution in [0.4, 0.5) is 0 Å². The molecule has 264 valence electrons. The monoisotopic (exact) mass is 726 g/mol. The zero-order chi connectivity index (χ0) is 35.9. The maximum Gasteiger partial charge on any atom is 0.261 e. The quantitative estimate of drug-likeness (QED) is 0.129. The molecule has 3 aromatic heterocycles. The summed E-state index contributed by atoms with van der Waals surface area (Å²) >= 11 is 14.3. The molecule has 0 spiro atoms. The van der Waals surface area contributed by atoms with Gasteiger partial charge in [0.2, 0.25) is 11.8 Å². The van der Waals surface area contributed by atoms with E-state index < -0.39 is 5.60 Å². The van der Waals surface area contributed by atoms with Crippen LogP contribution in [0.1, 0.15) is 49.4 Å². The third kappa shape index (κ3) is 7.24. The second kappa shape index (κ2) is 14.4. The minimum Gasteiger partial charge on any atom is -0.481 e. The highest BCUT2D eigenvalue weighted by Gasteiger charge is 2.38. The van der Waals surface area contributed by atoms with Gasteiger partial charge in [0, 0.05) is 77.7 Å². The molecule has 1 unspecified atom stereocenters. The zero-order valence-corrected chi connectivity index (χ0v) is 30.2. The summed E-state index contributed by atoms with van der Waals surface area (Å²) in [6.45, 7) is 5.27. The Labute approximate surface area is 306 Å². The van der Waals surface area contributed by atoms with Crippen LogP contribution in [-0.2, 0) is 17.9 Å². The van der Waals surface area contributed by atoms with E-state index in [0.29, 0.717) is 77.4 Å². The second-order valence-electron chi connectivity index (χ2n) is 13.7. The van der Waals surface area contributed by atoms with Crippen LogP contribution in [0.25, 0.3) is 39.2 Å². The third-order valence-corrected chi connectivity index (χ3v) is 10.7.